The van der Waals surface area contributed by atoms with Gasteiger partial charge < -0.3 is 10.2 Å². The zero-order chi connectivity index (χ0) is 14.2. The van der Waals surface area contributed by atoms with E-state index >= 15 is 0 Å². The van der Waals surface area contributed by atoms with E-state index in [2.05, 4.69) is 5.32 Å². The molecule has 4 nitrogen and oxygen atoms in total. The molecule has 0 saturated carbocycles. The normalized spacial score (nSPS) is 18.8. The molecule has 1 heterocycles. The van der Waals surface area contributed by atoms with Gasteiger partial charge in [-0.2, -0.15) is 0 Å². The van der Waals surface area contributed by atoms with Crippen LogP contribution in [-0.2, 0) is 9.59 Å². The first-order valence-electron chi connectivity index (χ1n) is 5.61. The number of nitrogens with zero attached hydrogens (tertiary/aromatic N) is 1. The summed E-state index contributed by atoms with van der Waals surface area (Å²) >= 11 is 0. The standard InChI is InChI=1S/C12H11F3N2O2/c1-17-5-4-6(12(17)19)11(18)16-8-3-2-7(13)9(14)10(8)15/h2-3,6H,4-5H2,1H3,(H,16,18)/t6-/m0/s1. The van der Waals surface area contributed by atoms with Crippen molar-refractivity contribution < 1.29 is 22.8 Å². The number of hydrogen-bond acceptors (Lipinski definition) is 2. The Balaban J connectivity index is 2.16. The van der Waals surface area contributed by atoms with E-state index in [9.17, 15) is 22.8 Å². The van der Waals surface area contributed by atoms with Gasteiger partial charge in [0, 0.05) is 13.6 Å². The van der Waals surface area contributed by atoms with E-state index in [0.29, 0.717) is 19.0 Å². The number of carbonyl (C=O) groups excluding carboxylic acids is 2. The molecule has 102 valence electrons. The van der Waals surface area contributed by atoms with Gasteiger partial charge in [-0.05, 0) is 18.6 Å². The third kappa shape index (κ3) is 2.40. The summed E-state index contributed by atoms with van der Waals surface area (Å²) in [5.41, 5.74) is -0.480. The molecule has 0 spiro atoms. The summed E-state index contributed by atoms with van der Waals surface area (Å²) < 4.78 is 39.1. The average molecular weight is 272 g/mol. The number of amides is 2. The maximum absolute atomic E-state index is 13.4. The van der Waals surface area contributed by atoms with Crippen molar-refractivity contribution in [3.05, 3.63) is 29.6 Å². The quantitative estimate of drug-likeness (QED) is 0.655. The van der Waals surface area contributed by atoms with Gasteiger partial charge in [-0.15, -0.1) is 0 Å². The van der Waals surface area contributed by atoms with Crippen LogP contribution in [0, 0.1) is 23.4 Å². The molecule has 0 bridgehead atoms. The summed E-state index contributed by atoms with van der Waals surface area (Å²) in [4.78, 5) is 24.7. The van der Waals surface area contributed by atoms with E-state index in [0.717, 1.165) is 6.07 Å². The lowest BCUT2D eigenvalue weighted by atomic mass is 10.1. The molecule has 0 aliphatic carbocycles. The Bertz CT molecular complexity index is 548. The van der Waals surface area contributed by atoms with Crippen LogP contribution in [0.2, 0.25) is 0 Å². The van der Waals surface area contributed by atoms with Crippen molar-refractivity contribution in [2.24, 2.45) is 5.92 Å². The highest BCUT2D eigenvalue weighted by Gasteiger charge is 2.35. The Kier molecular flexibility index (Phi) is 3.46. The number of likely N-dealkylation sites (tertiary alicyclic amines) is 1. The Morgan fingerprint density at radius 2 is 2.00 bits per heavy atom. The van der Waals surface area contributed by atoms with Crippen LogP contribution < -0.4 is 5.32 Å². The smallest absolute Gasteiger partial charge is 0.237 e. The molecule has 1 aliphatic rings. The van der Waals surface area contributed by atoms with E-state index in [1.165, 1.54) is 4.90 Å². The summed E-state index contributed by atoms with van der Waals surface area (Å²) in [6, 6.07) is 1.62. The van der Waals surface area contributed by atoms with Crippen molar-refractivity contribution >= 4 is 17.5 Å². The lowest BCUT2D eigenvalue weighted by Gasteiger charge is -2.11. The third-order valence-corrected chi connectivity index (χ3v) is 3.04. The summed E-state index contributed by atoms with van der Waals surface area (Å²) in [5, 5.41) is 2.10. The monoisotopic (exact) mass is 272 g/mol. The van der Waals surface area contributed by atoms with Crippen molar-refractivity contribution in [2.75, 3.05) is 18.9 Å². The minimum atomic E-state index is -1.66. The highest BCUT2D eigenvalue weighted by atomic mass is 19.2. The van der Waals surface area contributed by atoms with E-state index < -0.39 is 35.0 Å². The first kappa shape index (κ1) is 13.4. The number of rotatable bonds is 2. The topological polar surface area (TPSA) is 49.4 Å². The summed E-state index contributed by atoms with van der Waals surface area (Å²) in [6.45, 7) is 0.428. The number of benzene rings is 1. The molecule has 0 radical (unpaired) electrons. The fourth-order valence-electron chi connectivity index (χ4n) is 1.91. The minimum Gasteiger partial charge on any atom is -0.345 e. The Hall–Kier alpha value is -2.05. The second-order valence-corrected chi connectivity index (χ2v) is 4.31. The van der Waals surface area contributed by atoms with Crippen LogP contribution in [0.3, 0.4) is 0 Å². The average Bonchev–Trinajstić information content (AvgIpc) is 2.71. The van der Waals surface area contributed by atoms with Gasteiger partial charge in [0.05, 0.1) is 5.69 Å². The van der Waals surface area contributed by atoms with Crippen LogP contribution in [0.25, 0.3) is 0 Å². The molecule has 1 aromatic carbocycles. The van der Waals surface area contributed by atoms with E-state index in [1.807, 2.05) is 0 Å². The van der Waals surface area contributed by atoms with Crippen molar-refractivity contribution in [1.29, 1.82) is 0 Å². The van der Waals surface area contributed by atoms with E-state index in [-0.39, 0.29) is 5.91 Å². The Labute approximate surface area is 107 Å². The maximum Gasteiger partial charge on any atom is 0.237 e. The second-order valence-electron chi connectivity index (χ2n) is 4.31. The second kappa shape index (κ2) is 4.91. The third-order valence-electron chi connectivity index (χ3n) is 3.04. The SMILES string of the molecule is CN1CC[C@@H](C(=O)Nc2ccc(F)c(F)c2F)C1=O. The Morgan fingerprint density at radius 3 is 2.58 bits per heavy atom. The Morgan fingerprint density at radius 1 is 1.32 bits per heavy atom. The van der Waals surface area contributed by atoms with Gasteiger partial charge >= 0.3 is 0 Å². The first-order chi connectivity index (χ1) is 8.91. The van der Waals surface area contributed by atoms with Gasteiger partial charge in [0.25, 0.3) is 0 Å². The van der Waals surface area contributed by atoms with Crippen LogP contribution in [0.5, 0.6) is 0 Å². The highest BCUT2D eigenvalue weighted by Crippen LogP contribution is 2.22. The molecule has 1 saturated heterocycles. The minimum absolute atomic E-state index is 0.312. The lowest BCUT2D eigenvalue weighted by molar-refractivity contribution is -0.134. The summed E-state index contributed by atoms with van der Waals surface area (Å²) in [7, 11) is 1.55. The van der Waals surface area contributed by atoms with Gasteiger partial charge in [0.1, 0.15) is 5.92 Å². The predicted molar refractivity (Wildman–Crippen MR) is 60.7 cm³/mol. The van der Waals surface area contributed by atoms with Gasteiger partial charge in [0.2, 0.25) is 11.8 Å². The van der Waals surface area contributed by atoms with Crippen LogP contribution >= 0.6 is 0 Å². The zero-order valence-corrected chi connectivity index (χ0v) is 10.0. The van der Waals surface area contributed by atoms with Crippen LogP contribution in [0.15, 0.2) is 12.1 Å². The fraction of sp³-hybridized carbons (Fsp3) is 0.333. The maximum atomic E-state index is 13.4. The van der Waals surface area contributed by atoms with Crippen LogP contribution in [0.4, 0.5) is 18.9 Å². The fourth-order valence-corrected chi connectivity index (χ4v) is 1.91. The summed E-state index contributed by atoms with van der Waals surface area (Å²) in [5.74, 6) is -6.50. The van der Waals surface area contributed by atoms with Gasteiger partial charge in [-0.3, -0.25) is 9.59 Å². The molecule has 1 N–H and O–H groups in total. The highest BCUT2D eigenvalue weighted by molar-refractivity contribution is 6.07. The predicted octanol–water partition coefficient (Wildman–Crippen LogP) is 1.52. The molecule has 2 rings (SSSR count). The molecule has 7 heteroatoms. The van der Waals surface area contributed by atoms with E-state index in [1.54, 1.807) is 7.05 Å². The number of hydrogen-bond donors (Lipinski definition) is 1. The molecule has 1 fully saturated rings. The number of halogens is 3. The summed E-state index contributed by atoms with van der Waals surface area (Å²) in [6.07, 6.45) is 0.312. The molecular formula is C12H11F3N2O2. The molecule has 1 aromatic rings. The molecule has 19 heavy (non-hydrogen) atoms. The molecule has 1 aliphatic heterocycles. The van der Waals surface area contributed by atoms with Crippen molar-refractivity contribution in [3.63, 3.8) is 0 Å². The first-order valence-corrected chi connectivity index (χ1v) is 5.61. The number of nitrogens with one attached hydrogen (secondary N) is 1. The van der Waals surface area contributed by atoms with E-state index in [4.69, 9.17) is 0 Å². The van der Waals surface area contributed by atoms with Gasteiger partial charge in [-0.25, -0.2) is 13.2 Å². The van der Waals surface area contributed by atoms with Crippen molar-refractivity contribution in [2.45, 2.75) is 6.42 Å². The zero-order valence-electron chi connectivity index (χ0n) is 10.0. The number of anilines is 1. The lowest BCUT2D eigenvalue weighted by Crippen LogP contribution is -2.31. The van der Waals surface area contributed by atoms with Gasteiger partial charge in [0.15, 0.2) is 17.5 Å². The molecule has 2 amide bonds. The van der Waals surface area contributed by atoms with Gasteiger partial charge in [-0.1, -0.05) is 0 Å². The van der Waals surface area contributed by atoms with Crippen LogP contribution in [-0.4, -0.2) is 30.3 Å². The molecule has 0 aromatic heterocycles. The van der Waals surface area contributed by atoms with Crippen LogP contribution in [0.1, 0.15) is 6.42 Å². The number of carbonyl (C=O) groups is 2. The van der Waals surface area contributed by atoms with Crippen molar-refractivity contribution in [3.8, 4) is 0 Å². The molecular weight excluding hydrogens is 261 g/mol. The van der Waals surface area contributed by atoms with Crippen molar-refractivity contribution in [1.82, 2.24) is 4.90 Å². The largest absolute Gasteiger partial charge is 0.345 e. The molecule has 0 unspecified atom stereocenters. The molecule has 1 atom stereocenters.